The summed E-state index contributed by atoms with van der Waals surface area (Å²) in [5.74, 6) is -0.985. The molecule has 0 spiro atoms. The summed E-state index contributed by atoms with van der Waals surface area (Å²) in [5.41, 5.74) is 2.63. The van der Waals surface area contributed by atoms with Gasteiger partial charge in [0.15, 0.2) is 6.61 Å². The number of amides is 2. The predicted molar refractivity (Wildman–Crippen MR) is 112 cm³/mol. The Labute approximate surface area is 175 Å². The lowest BCUT2D eigenvalue weighted by atomic mass is 10.0. The number of rotatable bonds is 5. The van der Waals surface area contributed by atoms with Crippen molar-refractivity contribution in [3.05, 3.63) is 54.1 Å². The van der Waals surface area contributed by atoms with Gasteiger partial charge in [-0.15, -0.1) is 0 Å². The van der Waals surface area contributed by atoms with Crippen molar-refractivity contribution in [3.8, 4) is 5.75 Å². The van der Waals surface area contributed by atoms with E-state index in [1.807, 2.05) is 36.4 Å². The minimum Gasteiger partial charge on any atom is -0.495 e. The molecule has 2 heterocycles. The summed E-state index contributed by atoms with van der Waals surface area (Å²) in [4.78, 5) is 40.9. The normalized spacial score (nSPS) is 18.2. The third-order valence-corrected chi connectivity index (χ3v) is 5.58. The Balaban J connectivity index is 1.37. The molecule has 30 heavy (non-hydrogen) atoms. The molecular formula is C23H24N2O5. The van der Waals surface area contributed by atoms with Crippen LogP contribution in [0.15, 0.2) is 48.5 Å². The number of fused-ring (bicyclic) bond motifs is 1. The first-order valence-corrected chi connectivity index (χ1v) is 10.1. The van der Waals surface area contributed by atoms with Crippen LogP contribution in [-0.4, -0.2) is 44.6 Å². The maximum absolute atomic E-state index is 12.7. The summed E-state index contributed by atoms with van der Waals surface area (Å²) in [6.45, 7) is 0.488. The average molecular weight is 408 g/mol. The van der Waals surface area contributed by atoms with Crippen LogP contribution >= 0.6 is 0 Å². The van der Waals surface area contributed by atoms with Gasteiger partial charge >= 0.3 is 5.97 Å². The summed E-state index contributed by atoms with van der Waals surface area (Å²) in [6, 6.07) is 15.0. The highest BCUT2D eigenvalue weighted by Crippen LogP contribution is 2.33. The fourth-order valence-electron chi connectivity index (χ4n) is 4.07. The van der Waals surface area contributed by atoms with Crippen molar-refractivity contribution in [1.29, 1.82) is 0 Å². The van der Waals surface area contributed by atoms with Gasteiger partial charge in [0.1, 0.15) is 5.75 Å². The first-order chi connectivity index (χ1) is 14.6. The zero-order chi connectivity index (χ0) is 21.1. The predicted octanol–water partition coefficient (Wildman–Crippen LogP) is 2.57. The Morgan fingerprint density at radius 1 is 1.07 bits per heavy atom. The molecule has 0 unspecified atom stereocenters. The lowest BCUT2D eigenvalue weighted by Gasteiger charge is -2.29. The highest BCUT2D eigenvalue weighted by atomic mass is 16.5. The number of ether oxygens (including phenoxy) is 2. The van der Waals surface area contributed by atoms with Crippen molar-refractivity contribution in [1.82, 2.24) is 0 Å². The quantitative estimate of drug-likeness (QED) is 0.711. The van der Waals surface area contributed by atoms with Crippen LogP contribution in [0.1, 0.15) is 18.4 Å². The molecule has 2 aliphatic rings. The second-order valence-electron chi connectivity index (χ2n) is 7.46. The van der Waals surface area contributed by atoms with Crippen LogP contribution in [0.3, 0.4) is 0 Å². The SMILES string of the molecule is COc1ccccc1N1C[C@@H](C(=O)OCC(=O)N2CCCc3ccccc32)CC1=O. The fraction of sp³-hybridized carbons (Fsp3) is 0.348. The molecule has 2 aromatic rings. The van der Waals surface area contributed by atoms with E-state index in [4.69, 9.17) is 9.47 Å². The van der Waals surface area contributed by atoms with Gasteiger partial charge in [-0.05, 0) is 36.6 Å². The van der Waals surface area contributed by atoms with Crippen LogP contribution in [0.5, 0.6) is 5.75 Å². The number of nitrogens with zero attached hydrogens (tertiary/aromatic N) is 2. The lowest BCUT2D eigenvalue weighted by molar-refractivity contribution is -0.151. The zero-order valence-corrected chi connectivity index (χ0v) is 16.9. The molecule has 156 valence electrons. The van der Waals surface area contributed by atoms with E-state index in [0.29, 0.717) is 18.0 Å². The molecule has 7 heteroatoms. The molecule has 0 aromatic heterocycles. The van der Waals surface area contributed by atoms with Crippen molar-refractivity contribution in [2.24, 2.45) is 5.92 Å². The maximum atomic E-state index is 12.7. The van der Waals surface area contributed by atoms with Crippen molar-refractivity contribution < 1.29 is 23.9 Å². The Morgan fingerprint density at radius 2 is 1.80 bits per heavy atom. The number of carbonyl (C=O) groups excluding carboxylic acids is 3. The maximum Gasteiger partial charge on any atom is 0.311 e. The minimum atomic E-state index is -0.608. The molecule has 2 aromatic carbocycles. The molecule has 4 rings (SSSR count). The van der Waals surface area contributed by atoms with Crippen molar-refractivity contribution in [2.45, 2.75) is 19.3 Å². The Hall–Kier alpha value is -3.35. The van der Waals surface area contributed by atoms with Crippen molar-refractivity contribution >= 4 is 29.2 Å². The number of anilines is 2. The molecule has 0 radical (unpaired) electrons. The van der Waals surface area contributed by atoms with Gasteiger partial charge in [0.25, 0.3) is 5.91 Å². The van der Waals surface area contributed by atoms with E-state index in [-0.39, 0.29) is 31.4 Å². The summed E-state index contributed by atoms with van der Waals surface area (Å²) in [6.07, 6.45) is 1.86. The molecule has 2 amide bonds. The summed E-state index contributed by atoms with van der Waals surface area (Å²) in [5, 5.41) is 0. The van der Waals surface area contributed by atoms with Crippen LogP contribution in [0.4, 0.5) is 11.4 Å². The van der Waals surface area contributed by atoms with Gasteiger partial charge in [-0.1, -0.05) is 30.3 Å². The molecule has 1 saturated heterocycles. The number of hydrogen-bond acceptors (Lipinski definition) is 5. The number of esters is 1. The molecule has 1 fully saturated rings. The van der Waals surface area contributed by atoms with E-state index in [2.05, 4.69) is 0 Å². The molecule has 1 atom stereocenters. The van der Waals surface area contributed by atoms with E-state index in [0.717, 1.165) is 24.1 Å². The van der Waals surface area contributed by atoms with Crippen molar-refractivity contribution in [3.63, 3.8) is 0 Å². The number of aryl methyl sites for hydroxylation is 1. The molecule has 0 bridgehead atoms. The molecule has 0 aliphatic carbocycles. The van der Waals surface area contributed by atoms with Crippen molar-refractivity contribution in [2.75, 3.05) is 36.6 Å². The first kappa shape index (κ1) is 19.9. The smallest absolute Gasteiger partial charge is 0.311 e. The number of benzene rings is 2. The lowest BCUT2D eigenvalue weighted by Crippen LogP contribution is -2.39. The minimum absolute atomic E-state index is 0.0532. The highest BCUT2D eigenvalue weighted by Gasteiger charge is 2.37. The second kappa shape index (κ2) is 8.57. The Bertz CT molecular complexity index is 974. The van der Waals surface area contributed by atoms with Gasteiger partial charge in [0.05, 0.1) is 18.7 Å². The number of hydrogen-bond donors (Lipinski definition) is 0. The van der Waals surface area contributed by atoms with Crippen LogP contribution < -0.4 is 14.5 Å². The van der Waals surface area contributed by atoms with E-state index < -0.39 is 11.9 Å². The van der Waals surface area contributed by atoms with Gasteiger partial charge in [-0.25, -0.2) is 0 Å². The van der Waals surface area contributed by atoms with Crippen LogP contribution in [-0.2, 0) is 25.5 Å². The highest BCUT2D eigenvalue weighted by molar-refractivity contribution is 6.01. The molecule has 2 aliphatic heterocycles. The van der Waals surface area contributed by atoms with Gasteiger partial charge in [-0.3, -0.25) is 14.4 Å². The van der Waals surface area contributed by atoms with Crippen LogP contribution in [0.2, 0.25) is 0 Å². The van der Waals surface area contributed by atoms with Gasteiger partial charge in [0.2, 0.25) is 5.91 Å². The Kier molecular flexibility index (Phi) is 5.70. The van der Waals surface area contributed by atoms with Crippen LogP contribution in [0, 0.1) is 5.92 Å². The number of para-hydroxylation sites is 3. The molecule has 7 nitrogen and oxygen atoms in total. The third-order valence-electron chi connectivity index (χ3n) is 5.58. The summed E-state index contributed by atoms with van der Waals surface area (Å²) >= 11 is 0. The van der Waals surface area contributed by atoms with Gasteiger partial charge < -0.3 is 19.3 Å². The number of carbonyl (C=O) groups is 3. The first-order valence-electron chi connectivity index (χ1n) is 10.1. The molecular weight excluding hydrogens is 384 g/mol. The standard InChI is InChI=1S/C23H24N2O5/c1-29-20-11-5-4-10-19(20)25-14-17(13-21(25)26)23(28)30-15-22(27)24-12-6-8-16-7-2-3-9-18(16)24/h2-5,7,9-11,17H,6,8,12-15H2,1H3/t17-/m0/s1. The summed E-state index contributed by atoms with van der Waals surface area (Å²) < 4.78 is 10.6. The summed E-state index contributed by atoms with van der Waals surface area (Å²) in [7, 11) is 1.54. The van der Waals surface area contributed by atoms with Crippen LogP contribution in [0.25, 0.3) is 0 Å². The van der Waals surface area contributed by atoms with E-state index >= 15 is 0 Å². The van der Waals surface area contributed by atoms with E-state index in [1.165, 1.54) is 12.0 Å². The van der Waals surface area contributed by atoms with Gasteiger partial charge in [-0.2, -0.15) is 0 Å². The van der Waals surface area contributed by atoms with Gasteiger partial charge in [0, 0.05) is 25.2 Å². The zero-order valence-electron chi connectivity index (χ0n) is 16.9. The van der Waals surface area contributed by atoms with E-state index in [9.17, 15) is 14.4 Å². The number of methoxy groups -OCH3 is 1. The fourth-order valence-corrected chi connectivity index (χ4v) is 4.07. The largest absolute Gasteiger partial charge is 0.495 e. The molecule has 0 N–H and O–H groups in total. The Morgan fingerprint density at radius 3 is 2.60 bits per heavy atom. The monoisotopic (exact) mass is 408 g/mol. The average Bonchev–Trinajstić information content (AvgIpc) is 3.18. The third kappa shape index (κ3) is 3.87. The second-order valence-corrected chi connectivity index (χ2v) is 7.46. The van der Waals surface area contributed by atoms with E-state index in [1.54, 1.807) is 17.0 Å². The molecule has 0 saturated carbocycles. The topological polar surface area (TPSA) is 76.2 Å².